The lowest BCUT2D eigenvalue weighted by molar-refractivity contribution is 0.0319. The zero-order chi connectivity index (χ0) is 12.7. The van der Waals surface area contributed by atoms with Gasteiger partial charge in [-0.05, 0) is 44.0 Å². The van der Waals surface area contributed by atoms with Crippen LogP contribution in [0.4, 0.5) is 5.69 Å². The van der Waals surface area contributed by atoms with Gasteiger partial charge < -0.3 is 10.5 Å². The summed E-state index contributed by atoms with van der Waals surface area (Å²) >= 11 is 0. The molecule has 1 rings (SSSR count). The molecule has 0 radical (unpaired) electrons. The van der Waals surface area contributed by atoms with Crippen molar-refractivity contribution in [1.29, 1.82) is 0 Å². The Bertz CT molecular complexity index is 346. The number of hydrogen-bond donors (Lipinski definition) is 1. The molecule has 0 aliphatic carbocycles. The Hall–Kier alpha value is -1.51. The molecule has 17 heavy (non-hydrogen) atoms. The first-order chi connectivity index (χ1) is 8.13. The van der Waals surface area contributed by atoms with Crippen molar-refractivity contribution in [1.82, 2.24) is 0 Å². The van der Waals surface area contributed by atoms with Crippen molar-refractivity contribution in [2.45, 2.75) is 45.6 Å². The average molecular weight is 235 g/mol. The van der Waals surface area contributed by atoms with Gasteiger partial charge in [0, 0.05) is 5.69 Å². The average Bonchev–Trinajstić information content (AvgIpc) is 2.30. The Balaban J connectivity index is 2.40. The molecule has 0 spiro atoms. The number of esters is 1. The largest absolute Gasteiger partial charge is 0.459 e. The van der Waals surface area contributed by atoms with Crippen molar-refractivity contribution in [2.24, 2.45) is 0 Å². The molecular formula is C14H21NO2. The number of carbonyl (C=O) groups is 1. The number of rotatable bonds is 6. The number of ether oxygens (including phenoxy) is 1. The van der Waals surface area contributed by atoms with Gasteiger partial charge in [0.15, 0.2) is 0 Å². The third-order valence-electron chi connectivity index (χ3n) is 2.67. The highest BCUT2D eigenvalue weighted by Gasteiger charge is 2.11. The highest BCUT2D eigenvalue weighted by atomic mass is 16.5. The Labute approximate surface area is 103 Å². The Morgan fingerprint density at radius 3 is 2.53 bits per heavy atom. The minimum absolute atomic E-state index is 0.0217. The summed E-state index contributed by atoms with van der Waals surface area (Å²) in [6.07, 6.45) is 4.37. The standard InChI is InChI=1S/C14H21NO2/c1-3-4-5-6-11(2)17-14(16)12-7-9-13(15)10-8-12/h7-11H,3-6,15H2,1-2H3. The molecule has 1 atom stereocenters. The first kappa shape index (κ1) is 13.6. The lowest BCUT2D eigenvalue weighted by atomic mass is 10.1. The van der Waals surface area contributed by atoms with Gasteiger partial charge in [0.1, 0.15) is 0 Å². The van der Waals surface area contributed by atoms with Crippen molar-refractivity contribution in [3.05, 3.63) is 29.8 Å². The summed E-state index contributed by atoms with van der Waals surface area (Å²) < 4.78 is 5.34. The minimum atomic E-state index is -0.269. The predicted octanol–water partition coefficient (Wildman–Crippen LogP) is 3.39. The van der Waals surface area contributed by atoms with Crippen molar-refractivity contribution in [3.63, 3.8) is 0 Å². The second-order valence-corrected chi connectivity index (χ2v) is 4.33. The van der Waals surface area contributed by atoms with Crippen LogP contribution in [-0.2, 0) is 4.74 Å². The Morgan fingerprint density at radius 1 is 1.29 bits per heavy atom. The van der Waals surface area contributed by atoms with Crippen LogP contribution in [0.5, 0.6) is 0 Å². The quantitative estimate of drug-likeness (QED) is 0.467. The highest BCUT2D eigenvalue weighted by Crippen LogP contribution is 2.11. The van der Waals surface area contributed by atoms with E-state index >= 15 is 0 Å². The van der Waals surface area contributed by atoms with Crippen molar-refractivity contribution in [2.75, 3.05) is 5.73 Å². The summed E-state index contributed by atoms with van der Waals surface area (Å²) in [6.45, 7) is 4.09. The number of anilines is 1. The maximum atomic E-state index is 11.7. The molecule has 94 valence electrons. The van der Waals surface area contributed by atoms with Crippen LogP contribution >= 0.6 is 0 Å². The van der Waals surface area contributed by atoms with Gasteiger partial charge in [0.05, 0.1) is 11.7 Å². The van der Waals surface area contributed by atoms with Gasteiger partial charge in [0.2, 0.25) is 0 Å². The molecule has 0 aliphatic rings. The van der Waals surface area contributed by atoms with Gasteiger partial charge in [-0.2, -0.15) is 0 Å². The number of nitrogen functional groups attached to an aromatic ring is 1. The lowest BCUT2D eigenvalue weighted by Gasteiger charge is -2.12. The van der Waals surface area contributed by atoms with E-state index in [4.69, 9.17) is 10.5 Å². The zero-order valence-electron chi connectivity index (χ0n) is 10.6. The van der Waals surface area contributed by atoms with Gasteiger partial charge in [-0.25, -0.2) is 4.79 Å². The van der Waals surface area contributed by atoms with E-state index in [-0.39, 0.29) is 12.1 Å². The van der Waals surface area contributed by atoms with Gasteiger partial charge in [-0.1, -0.05) is 19.8 Å². The van der Waals surface area contributed by atoms with Crippen LogP contribution in [0.1, 0.15) is 49.9 Å². The number of benzene rings is 1. The van der Waals surface area contributed by atoms with Crippen LogP contribution in [0.3, 0.4) is 0 Å². The number of carbonyl (C=O) groups excluding carboxylic acids is 1. The fourth-order valence-electron chi connectivity index (χ4n) is 1.61. The molecule has 1 aromatic rings. The van der Waals surface area contributed by atoms with E-state index in [1.54, 1.807) is 24.3 Å². The summed E-state index contributed by atoms with van der Waals surface area (Å²) in [6, 6.07) is 6.80. The van der Waals surface area contributed by atoms with Crippen LogP contribution in [0, 0.1) is 0 Å². The first-order valence-corrected chi connectivity index (χ1v) is 6.20. The zero-order valence-corrected chi connectivity index (χ0v) is 10.6. The maximum Gasteiger partial charge on any atom is 0.338 e. The number of hydrogen-bond acceptors (Lipinski definition) is 3. The summed E-state index contributed by atoms with van der Waals surface area (Å²) in [5.41, 5.74) is 6.76. The van der Waals surface area contributed by atoms with Crippen LogP contribution < -0.4 is 5.73 Å². The van der Waals surface area contributed by atoms with E-state index in [0.717, 1.165) is 12.8 Å². The van der Waals surface area contributed by atoms with Gasteiger partial charge in [-0.15, -0.1) is 0 Å². The van der Waals surface area contributed by atoms with Crippen LogP contribution in [0.25, 0.3) is 0 Å². The van der Waals surface area contributed by atoms with Crippen LogP contribution in [-0.4, -0.2) is 12.1 Å². The first-order valence-electron chi connectivity index (χ1n) is 6.20. The molecule has 2 N–H and O–H groups in total. The third kappa shape index (κ3) is 4.89. The molecule has 1 unspecified atom stereocenters. The van der Waals surface area contributed by atoms with Crippen molar-refractivity contribution in [3.8, 4) is 0 Å². The molecule has 0 aliphatic heterocycles. The summed E-state index contributed by atoms with van der Waals surface area (Å²) in [5, 5.41) is 0. The second kappa shape index (κ2) is 6.94. The Morgan fingerprint density at radius 2 is 1.94 bits per heavy atom. The molecule has 3 nitrogen and oxygen atoms in total. The fraction of sp³-hybridized carbons (Fsp3) is 0.500. The number of nitrogens with two attached hydrogens (primary N) is 1. The minimum Gasteiger partial charge on any atom is -0.459 e. The second-order valence-electron chi connectivity index (χ2n) is 4.33. The van der Waals surface area contributed by atoms with E-state index in [2.05, 4.69) is 6.92 Å². The van der Waals surface area contributed by atoms with Crippen molar-refractivity contribution >= 4 is 11.7 Å². The lowest BCUT2D eigenvalue weighted by Crippen LogP contribution is -2.15. The normalized spacial score (nSPS) is 12.1. The molecule has 3 heteroatoms. The molecule has 0 amide bonds. The monoisotopic (exact) mass is 235 g/mol. The molecular weight excluding hydrogens is 214 g/mol. The van der Waals surface area contributed by atoms with Crippen LogP contribution in [0.15, 0.2) is 24.3 Å². The van der Waals surface area contributed by atoms with Gasteiger partial charge in [-0.3, -0.25) is 0 Å². The SMILES string of the molecule is CCCCCC(C)OC(=O)c1ccc(N)cc1. The van der Waals surface area contributed by atoms with Gasteiger partial charge in [0.25, 0.3) is 0 Å². The fourth-order valence-corrected chi connectivity index (χ4v) is 1.61. The van der Waals surface area contributed by atoms with E-state index in [1.165, 1.54) is 12.8 Å². The van der Waals surface area contributed by atoms with E-state index in [1.807, 2.05) is 6.92 Å². The molecule has 0 saturated heterocycles. The van der Waals surface area contributed by atoms with Crippen molar-refractivity contribution < 1.29 is 9.53 Å². The molecule has 0 bridgehead atoms. The molecule has 0 saturated carbocycles. The Kier molecular flexibility index (Phi) is 5.53. The van der Waals surface area contributed by atoms with E-state index < -0.39 is 0 Å². The highest BCUT2D eigenvalue weighted by molar-refractivity contribution is 5.89. The summed E-state index contributed by atoms with van der Waals surface area (Å²) in [7, 11) is 0. The van der Waals surface area contributed by atoms with Crippen LogP contribution in [0.2, 0.25) is 0 Å². The van der Waals surface area contributed by atoms with Gasteiger partial charge >= 0.3 is 5.97 Å². The molecule has 0 heterocycles. The smallest absolute Gasteiger partial charge is 0.338 e. The predicted molar refractivity (Wildman–Crippen MR) is 69.9 cm³/mol. The maximum absolute atomic E-state index is 11.7. The summed E-state index contributed by atoms with van der Waals surface area (Å²) in [4.78, 5) is 11.7. The number of unbranched alkanes of at least 4 members (excludes halogenated alkanes) is 2. The summed E-state index contributed by atoms with van der Waals surface area (Å²) in [5.74, 6) is -0.269. The topological polar surface area (TPSA) is 52.3 Å². The van der Waals surface area contributed by atoms with E-state index in [0.29, 0.717) is 11.3 Å². The van der Waals surface area contributed by atoms with E-state index in [9.17, 15) is 4.79 Å². The molecule has 1 aromatic carbocycles. The third-order valence-corrected chi connectivity index (χ3v) is 2.67. The molecule has 0 fully saturated rings. The molecule has 0 aromatic heterocycles.